The van der Waals surface area contributed by atoms with Crippen molar-refractivity contribution in [3.8, 4) is 11.1 Å². The van der Waals surface area contributed by atoms with Gasteiger partial charge < -0.3 is 20.2 Å². The van der Waals surface area contributed by atoms with Crippen LogP contribution in [0, 0.1) is 5.92 Å². The van der Waals surface area contributed by atoms with Crippen LogP contribution in [0.1, 0.15) is 27.6 Å². The first-order chi connectivity index (χ1) is 17.4. The number of likely N-dealkylation sites (tertiary alicyclic amines) is 2. The summed E-state index contributed by atoms with van der Waals surface area (Å²) in [6.45, 7) is 4.53. The second kappa shape index (κ2) is 8.76. The number of β-amino-alcohol motifs (C(OH)–C–C–N with tert-alkyl or cyclic N) is 1. The highest BCUT2D eigenvalue weighted by Gasteiger charge is 2.29. The lowest BCUT2D eigenvalue weighted by atomic mass is 10.00. The molecule has 6 rings (SSSR count). The molecule has 4 aromatic rings. The van der Waals surface area contributed by atoms with Crippen LogP contribution in [0.2, 0.25) is 0 Å². The minimum atomic E-state index is -0.421. The third-order valence-electron chi connectivity index (χ3n) is 6.69. The number of carbonyl (C=O) groups excluding carboxylic acids is 2. The second-order valence-electron chi connectivity index (χ2n) is 9.58. The van der Waals surface area contributed by atoms with Crippen LogP contribution in [0.25, 0.3) is 16.8 Å². The molecule has 2 aliphatic heterocycles. The molecular formula is C27H26N6O3. The predicted octanol–water partition coefficient (Wildman–Crippen LogP) is 3.05. The molecule has 0 aliphatic carbocycles. The van der Waals surface area contributed by atoms with Gasteiger partial charge in [0.2, 0.25) is 5.95 Å². The molecule has 0 bridgehead atoms. The highest BCUT2D eigenvalue weighted by atomic mass is 16.3. The minimum absolute atomic E-state index is 0.0713. The molecule has 9 nitrogen and oxygen atoms in total. The normalized spacial score (nSPS) is 16.1. The van der Waals surface area contributed by atoms with E-state index in [1.807, 2.05) is 59.6 Å². The number of aromatic nitrogens is 3. The Bertz CT molecular complexity index is 1430. The molecule has 0 saturated carbocycles. The van der Waals surface area contributed by atoms with Crippen LogP contribution in [0.4, 0.5) is 11.6 Å². The van der Waals surface area contributed by atoms with E-state index >= 15 is 0 Å². The van der Waals surface area contributed by atoms with E-state index in [-0.39, 0.29) is 11.8 Å². The summed E-state index contributed by atoms with van der Waals surface area (Å²) in [5.41, 5.74) is 4.57. The van der Waals surface area contributed by atoms with Gasteiger partial charge in [0.25, 0.3) is 11.8 Å². The van der Waals surface area contributed by atoms with Crippen molar-refractivity contribution in [2.45, 2.75) is 13.0 Å². The molecule has 9 heteroatoms. The fourth-order valence-corrected chi connectivity index (χ4v) is 4.65. The summed E-state index contributed by atoms with van der Waals surface area (Å²) >= 11 is 0. The number of carbonyl (C=O) groups is 2. The third kappa shape index (κ3) is 4.07. The number of amides is 2. The summed E-state index contributed by atoms with van der Waals surface area (Å²) in [4.78, 5) is 33.2. The Morgan fingerprint density at radius 1 is 0.889 bits per heavy atom. The number of benzene rings is 2. The van der Waals surface area contributed by atoms with Gasteiger partial charge in [-0.2, -0.15) is 4.98 Å². The topological polar surface area (TPSA) is 103 Å². The number of pyridine rings is 1. The van der Waals surface area contributed by atoms with Gasteiger partial charge in [-0.1, -0.05) is 19.1 Å². The lowest BCUT2D eigenvalue weighted by Crippen LogP contribution is -2.53. The summed E-state index contributed by atoms with van der Waals surface area (Å²) < 4.78 is 1.71. The largest absolute Gasteiger partial charge is 0.389 e. The van der Waals surface area contributed by atoms with Crippen LogP contribution < -0.4 is 5.32 Å². The molecule has 0 atom stereocenters. The lowest BCUT2D eigenvalue weighted by molar-refractivity contribution is 0.00590. The number of fused-ring (bicyclic) bond motifs is 1. The van der Waals surface area contributed by atoms with Crippen LogP contribution in [0.5, 0.6) is 0 Å². The first-order valence-electron chi connectivity index (χ1n) is 12.0. The van der Waals surface area contributed by atoms with Gasteiger partial charge in [-0.15, -0.1) is 5.10 Å². The number of aliphatic hydroxyl groups is 1. The minimum Gasteiger partial charge on any atom is -0.389 e. The van der Waals surface area contributed by atoms with Crippen molar-refractivity contribution in [1.29, 1.82) is 0 Å². The monoisotopic (exact) mass is 482 g/mol. The van der Waals surface area contributed by atoms with E-state index < -0.39 is 6.10 Å². The molecule has 0 radical (unpaired) electrons. The van der Waals surface area contributed by atoms with Crippen molar-refractivity contribution in [2.75, 3.05) is 31.5 Å². The van der Waals surface area contributed by atoms with E-state index in [2.05, 4.69) is 22.3 Å². The molecule has 4 heterocycles. The van der Waals surface area contributed by atoms with Crippen LogP contribution in [0.15, 0.2) is 66.9 Å². The van der Waals surface area contributed by atoms with Gasteiger partial charge in [-0.3, -0.25) is 9.59 Å². The summed E-state index contributed by atoms with van der Waals surface area (Å²) in [5, 5.41) is 17.1. The highest BCUT2D eigenvalue weighted by molar-refractivity contribution is 5.96. The van der Waals surface area contributed by atoms with Crippen molar-refractivity contribution in [3.63, 3.8) is 0 Å². The zero-order valence-corrected chi connectivity index (χ0v) is 19.8. The van der Waals surface area contributed by atoms with Gasteiger partial charge in [0, 0.05) is 54.8 Å². The number of anilines is 2. The van der Waals surface area contributed by atoms with E-state index in [4.69, 9.17) is 0 Å². The standard InChI is InChI=1S/C27H26N6O3/c1-17-13-31(14-17)25(35)19-6-4-18(5-7-19)23-3-2-12-33-24(23)29-27(30-33)28-21-10-8-20(9-11-21)26(36)32-15-22(34)16-32/h2-12,17,22,34H,13-16H2,1H3,(H,28,30). The quantitative estimate of drug-likeness (QED) is 0.453. The molecule has 2 fully saturated rings. The van der Waals surface area contributed by atoms with Crippen molar-refractivity contribution >= 4 is 29.1 Å². The van der Waals surface area contributed by atoms with Gasteiger partial charge in [0.05, 0.1) is 6.10 Å². The highest BCUT2D eigenvalue weighted by Crippen LogP contribution is 2.27. The van der Waals surface area contributed by atoms with Gasteiger partial charge in [-0.05, 0) is 60.0 Å². The van der Waals surface area contributed by atoms with Crippen LogP contribution >= 0.6 is 0 Å². The Labute approximate surface area is 208 Å². The zero-order chi connectivity index (χ0) is 24.8. The zero-order valence-electron chi connectivity index (χ0n) is 19.8. The molecule has 2 N–H and O–H groups in total. The molecule has 182 valence electrons. The first kappa shape index (κ1) is 22.2. The summed E-state index contributed by atoms with van der Waals surface area (Å²) in [6.07, 6.45) is 1.42. The Morgan fingerprint density at radius 2 is 1.50 bits per heavy atom. The fourth-order valence-electron chi connectivity index (χ4n) is 4.65. The predicted molar refractivity (Wildman–Crippen MR) is 135 cm³/mol. The number of rotatable bonds is 5. The van der Waals surface area contributed by atoms with E-state index in [0.717, 1.165) is 29.9 Å². The van der Waals surface area contributed by atoms with Crippen LogP contribution in [0.3, 0.4) is 0 Å². The molecule has 0 spiro atoms. The van der Waals surface area contributed by atoms with Gasteiger partial charge in [0.15, 0.2) is 5.65 Å². The fraction of sp³-hybridized carbons (Fsp3) is 0.259. The lowest BCUT2D eigenvalue weighted by Gasteiger charge is -2.37. The molecule has 36 heavy (non-hydrogen) atoms. The molecule has 0 unspecified atom stereocenters. The van der Waals surface area contributed by atoms with Crippen molar-refractivity contribution in [1.82, 2.24) is 24.4 Å². The Balaban J connectivity index is 1.19. The summed E-state index contributed by atoms with van der Waals surface area (Å²) in [5.74, 6) is 0.991. The SMILES string of the molecule is CC1CN(C(=O)c2ccc(-c3cccn4nc(Nc5ccc(C(=O)N6CC(O)C6)cc5)nc34)cc2)C1. The summed E-state index contributed by atoms with van der Waals surface area (Å²) in [6, 6.07) is 18.6. The first-order valence-corrected chi connectivity index (χ1v) is 12.0. The molecule has 2 aliphatic rings. The van der Waals surface area contributed by atoms with Gasteiger partial charge in [0.1, 0.15) is 0 Å². The maximum absolute atomic E-state index is 12.6. The molecule has 2 amide bonds. The number of aliphatic hydroxyl groups excluding tert-OH is 1. The average molecular weight is 483 g/mol. The number of nitrogens with one attached hydrogen (secondary N) is 1. The number of hydrogen-bond donors (Lipinski definition) is 2. The van der Waals surface area contributed by atoms with Crippen molar-refractivity contribution in [3.05, 3.63) is 78.0 Å². The summed E-state index contributed by atoms with van der Waals surface area (Å²) in [7, 11) is 0. The molecule has 2 saturated heterocycles. The maximum Gasteiger partial charge on any atom is 0.254 e. The van der Waals surface area contributed by atoms with Crippen molar-refractivity contribution in [2.24, 2.45) is 5.92 Å². The average Bonchev–Trinajstić information content (AvgIpc) is 3.27. The van der Waals surface area contributed by atoms with Gasteiger partial charge in [-0.25, -0.2) is 4.52 Å². The van der Waals surface area contributed by atoms with Crippen LogP contribution in [-0.2, 0) is 0 Å². The number of nitrogens with zero attached hydrogens (tertiary/aromatic N) is 5. The van der Waals surface area contributed by atoms with E-state index in [1.165, 1.54) is 0 Å². The van der Waals surface area contributed by atoms with E-state index in [1.54, 1.807) is 21.5 Å². The van der Waals surface area contributed by atoms with Crippen LogP contribution in [-0.4, -0.2) is 73.6 Å². The Hall–Kier alpha value is -4.24. The third-order valence-corrected chi connectivity index (χ3v) is 6.69. The number of hydrogen-bond acceptors (Lipinski definition) is 6. The van der Waals surface area contributed by atoms with E-state index in [9.17, 15) is 14.7 Å². The van der Waals surface area contributed by atoms with Crippen molar-refractivity contribution < 1.29 is 14.7 Å². The molecule has 2 aromatic carbocycles. The maximum atomic E-state index is 12.6. The second-order valence-corrected chi connectivity index (χ2v) is 9.58. The molecular weight excluding hydrogens is 456 g/mol. The Morgan fingerprint density at radius 3 is 2.11 bits per heavy atom. The smallest absolute Gasteiger partial charge is 0.254 e. The Kier molecular flexibility index (Phi) is 5.41. The van der Waals surface area contributed by atoms with E-state index in [0.29, 0.717) is 41.7 Å². The van der Waals surface area contributed by atoms with Gasteiger partial charge >= 0.3 is 0 Å². The molecule has 2 aromatic heterocycles.